The van der Waals surface area contributed by atoms with Crippen molar-refractivity contribution < 1.29 is 14.4 Å². The molecule has 4 rings (SSSR count). The van der Waals surface area contributed by atoms with Crippen LogP contribution < -0.4 is 10.2 Å². The van der Waals surface area contributed by atoms with Gasteiger partial charge in [0.15, 0.2) is 0 Å². The lowest BCUT2D eigenvalue weighted by atomic mass is 10.1. The number of anilines is 1. The van der Waals surface area contributed by atoms with Crippen LogP contribution in [0.25, 0.3) is 0 Å². The number of hydrogen-bond donors (Lipinski definition) is 1. The summed E-state index contributed by atoms with van der Waals surface area (Å²) in [6.45, 7) is 2.89. The zero-order valence-corrected chi connectivity index (χ0v) is 15.9. The molecule has 6 heteroatoms. The van der Waals surface area contributed by atoms with Gasteiger partial charge in [0.1, 0.15) is 12.6 Å². The molecular formula is C22H23N3O3. The number of carbonyl (C=O) groups is 3. The summed E-state index contributed by atoms with van der Waals surface area (Å²) in [5.74, 6) is -0.556. The number of amides is 3. The summed E-state index contributed by atoms with van der Waals surface area (Å²) in [4.78, 5) is 41.7. The van der Waals surface area contributed by atoms with Gasteiger partial charge in [-0.05, 0) is 37.5 Å². The summed E-state index contributed by atoms with van der Waals surface area (Å²) in [6.07, 6.45) is 1.44. The maximum Gasteiger partial charge on any atom is 0.256 e. The van der Waals surface area contributed by atoms with E-state index in [-0.39, 0.29) is 24.3 Å². The van der Waals surface area contributed by atoms with Crippen LogP contribution in [0.4, 0.5) is 5.69 Å². The third-order valence-electron chi connectivity index (χ3n) is 5.36. The number of para-hydroxylation sites is 1. The molecule has 1 unspecified atom stereocenters. The highest BCUT2D eigenvalue weighted by molar-refractivity contribution is 6.12. The Balaban J connectivity index is 1.55. The molecule has 0 spiro atoms. The Labute approximate surface area is 164 Å². The van der Waals surface area contributed by atoms with Crippen LogP contribution in [0.3, 0.4) is 0 Å². The van der Waals surface area contributed by atoms with E-state index in [1.165, 1.54) is 4.90 Å². The molecule has 1 N–H and O–H groups in total. The molecule has 2 aromatic rings. The van der Waals surface area contributed by atoms with Crippen LogP contribution in [0.15, 0.2) is 48.5 Å². The zero-order valence-electron chi connectivity index (χ0n) is 15.9. The predicted octanol–water partition coefficient (Wildman–Crippen LogP) is 2.26. The van der Waals surface area contributed by atoms with Crippen molar-refractivity contribution in [1.29, 1.82) is 0 Å². The molecule has 1 saturated heterocycles. The van der Waals surface area contributed by atoms with E-state index >= 15 is 0 Å². The van der Waals surface area contributed by atoms with Crippen molar-refractivity contribution in [2.45, 2.75) is 32.4 Å². The average molecular weight is 377 g/mol. The maximum absolute atomic E-state index is 13.1. The highest BCUT2D eigenvalue weighted by Crippen LogP contribution is 2.32. The number of hydrogen-bond acceptors (Lipinski definition) is 3. The largest absolute Gasteiger partial charge is 0.350 e. The smallest absolute Gasteiger partial charge is 0.256 e. The normalized spacial score (nSPS) is 18.5. The van der Waals surface area contributed by atoms with Gasteiger partial charge < -0.3 is 15.1 Å². The highest BCUT2D eigenvalue weighted by Gasteiger charge is 2.42. The minimum atomic E-state index is -0.482. The number of nitrogens with zero attached hydrogens (tertiary/aromatic N) is 2. The van der Waals surface area contributed by atoms with E-state index < -0.39 is 6.04 Å². The van der Waals surface area contributed by atoms with Gasteiger partial charge in [-0.15, -0.1) is 0 Å². The van der Waals surface area contributed by atoms with E-state index in [0.717, 1.165) is 17.5 Å². The fourth-order valence-corrected chi connectivity index (χ4v) is 4.00. The number of rotatable bonds is 4. The second-order valence-corrected chi connectivity index (χ2v) is 7.36. The van der Waals surface area contributed by atoms with Gasteiger partial charge in [0.25, 0.3) is 5.91 Å². The molecule has 0 aromatic heterocycles. The molecule has 2 heterocycles. The van der Waals surface area contributed by atoms with Crippen molar-refractivity contribution in [2.75, 3.05) is 18.0 Å². The lowest BCUT2D eigenvalue weighted by Gasteiger charge is -2.25. The maximum atomic E-state index is 13.1. The number of aryl methyl sites for hydroxylation is 1. The molecule has 0 saturated carbocycles. The highest BCUT2D eigenvalue weighted by atomic mass is 16.2. The SMILES string of the molecule is Cc1cccc(CNC(=O)CN2C(=O)C3CCCN3C(=O)c3ccccc32)c1. The summed E-state index contributed by atoms with van der Waals surface area (Å²) in [5, 5.41) is 2.88. The van der Waals surface area contributed by atoms with Gasteiger partial charge in [-0.2, -0.15) is 0 Å². The van der Waals surface area contributed by atoms with Crippen LogP contribution in [0.5, 0.6) is 0 Å². The van der Waals surface area contributed by atoms with Gasteiger partial charge in [-0.1, -0.05) is 42.0 Å². The molecule has 0 radical (unpaired) electrons. The van der Waals surface area contributed by atoms with Crippen LogP contribution in [-0.4, -0.2) is 41.8 Å². The first-order valence-electron chi connectivity index (χ1n) is 9.58. The third kappa shape index (κ3) is 3.38. The fourth-order valence-electron chi connectivity index (χ4n) is 4.00. The van der Waals surface area contributed by atoms with Crippen molar-refractivity contribution in [3.05, 3.63) is 65.2 Å². The van der Waals surface area contributed by atoms with Gasteiger partial charge in [0, 0.05) is 13.1 Å². The number of benzene rings is 2. The van der Waals surface area contributed by atoms with E-state index in [0.29, 0.717) is 30.8 Å². The molecule has 144 valence electrons. The second-order valence-electron chi connectivity index (χ2n) is 7.36. The third-order valence-corrected chi connectivity index (χ3v) is 5.36. The van der Waals surface area contributed by atoms with E-state index in [1.54, 1.807) is 29.2 Å². The van der Waals surface area contributed by atoms with Crippen LogP contribution in [0, 0.1) is 6.92 Å². The fraction of sp³-hybridized carbons (Fsp3) is 0.318. The number of nitrogens with one attached hydrogen (secondary N) is 1. The van der Waals surface area contributed by atoms with E-state index in [9.17, 15) is 14.4 Å². The van der Waals surface area contributed by atoms with Crippen molar-refractivity contribution in [3.63, 3.8) is 0 Å². The van der Waals surface area contributed by atoms with Crippen molar-refractivity contribution >= 4 is 23.4 Å². The average Bonchev–Trinajstić information content (AvgIpc) is 3.17. The zero-order chi connectivity index (χ0) is 19.7. The minimum absolute atomic E-state index is 0.0979. The molecular weight excluding hydrogens is 354 g/mol. The lowest BCUT2D eigenvalue weighted by Crippen LogP contribution is -2.48. The molecule has 3 amide bonds. The molecule has 6 nitrogen and oxygen atoms in total. The molecule has 2 aliphatic heterocycles. The summed E-state index contributed by atoms with van der Waals surface area (Å²) in [6, 6.07) is 14.5. The van der Waals surface area contributed by atoms with Gasteiger partial charge in [-0.25, -0.2) is 0 Å². The van der Waals surface area contributed by atoms with Crippen LogP contribution in [0.1, 0.15) is 34.3 Å². The Hall–Kier alpha value is -3.15. The quantitative estimate of drug-likeness (QED) is 0.889. The Morgan fingerprint density at radius 3 is 2.79 bits per heavy atom. The van der Waals surface area contributed by atoms with E-state index in [2.05, 4.69) is 5.32 Å². The molecule has 2 aromatic carbocycles. The summed E-state index contributed by atoms with van der Waals surface area (Å²) < 4.78 is 0. The number of carbonyl (C=O) groups excluding carboxylic acids is 3. The summed E-state index contributed by atoms with van der Waals surface area (Å²) in [5.41, 5.74) is 3.13. The van der Waals surface area contributed by atoms with Crippen molar-refractivity contribution in [2.24, 2.45) is 0 Å². The first-order valence-corrected chi connectivity index (χ1v) is 9.58. The first kappa shape index (κ1) is 18.2. The van der Waals surface area contributed by atoms with Crippen LogP contribution >= 0.6 is 0 Å². The van der Waals surface area contributed by atoms with Crippen molar-refractivity contribution in [1.82, 2.24) is 10.2 Å². The lowest BCUT2D eigenvalue weighted by molar-refractivity contribution is -0.125. The summed E-state index contributed by atoms with van der Waals surface area (Å²) in [7, 11) is 0. The Morgan fingerprint density at radius 2 is 1.96 bits per heavy atom. The molecule has 28 heavy (non-hydrogen) atoms. The predicted molar refractivity (Wildman–Crippen MR) is 106 cm³/mol. The molecule has 1 fully saturated rings. The van der Waals surface area contributed by atoms with Crippen LogP contribution in [-0.2, 0) is 16.1 Å². The second kappa shape index (κ2) is 7.46. The molecule has 0 bridgehead atoms. The summed E-state index contributed by atoms with van der Waals surface area (Å²) >= 11 is 0. The van der Waals surface area contributed by atoms with Gasteiger partial charge in [0.05, 0.1) is 11.3 Å². The molecule has 0 aliphatic carbocycles. The Morgan fingerprint density at radius 1 is 1.14 bits per heavy atom. The van der Waals surface area contributed by atoms with Gasteiger partial charge in [0.2, 0.25) is 11.8 Å². The monoisotopic (exact) mass is 377 g/mol. The molecule has 2 aliphatic rings. The van der Waals surface area contributed by atoms with E-state index in [1.807, 2.05) is 31.2 Å². The minimum Gasteiger partial charge on any atom is -0.350 e. The number of fused-ring (bicyclic) bond motifs is 2. The van der Waals surface area contributed by atoms with Crippen LogP contribution in [0.2, 0.25) is 0 Å². The molecule has 1 atom stereocenters. The topological polar surface area (TPSA) is 69.7 Å². The standard InChI is InChI=1S/C22H23N3O3/c1-15-6-4-7-16(12-15)13-23-20(26)14-25-18-9-3-2-8-17(18)21(27)24-11-5-10-19(24)22(25)28/h2-4,6-9,12,19H,5,10-11,13-14H2,1H3,(H,23,26). The van der Waals surface area contributed by atoms with Gasteiger partial charge >= 0.3 is 0 Å². The first-order chi connectivity index (χ1) is 13.5. The van der Waals surface area contributed by atoms with E-state index in [4.69, 9.17) is 0 Å². The van der Waals surface area contributed by atoms with Gasteiger partial charge in [-0.3, -0.25) is 14.4 Å². The Bertz CT molecular complexity index is 940. The van der Waals surface area contributed by atoms with Crippen molar-refractivity contribution in [3.8, 4) is 0 Å². The Kier molecular flexibility index (Phi) is 4.86.